The van der Waals surface area contributed by atoms with Gasteiger partial charge in [-0.15, -0.1) is 11.3 Å². The molecule has 0 unspecified atom stereocenters. The summed E-state index contributed by atoms with van der Waals surface area (Å²) in [7, 11) is 0. The third-order valence-corrected chi connectivity index (χ3v) is 7.61. The molecule has 0 aliphatic carbocycles. The van der Waals surface area contributed by atoms with Gasteiger partial charge in [-0.3, -0.25) is 4.79 Å². The molecule has 9 heteroatoms. The predicted molar refractivity (Wildman–Crippen MR) is 142 cm³/mol. The highest BCUT2D eigenvalue weighted by Gasteiger charge is 2.31. The number of rotatable bonds is 8. The summed E-state index contributed by atoms with van der Waals surface area (Å²) in [5.74, 6) is -2.22. The number of aliphatic hydroxyl groups excluding tert-OH is 2. The number of allylic oxidation sites excluding steroid dienone is 1. The number of carboxylic acid groups (broad SMARTS) is 1. The molecule has 0 amide bonds. The number of carboxylic acids is 1. The number of thiophene rings is 1. The van der Waals surface area contributed by atoms with Crippen LogP contribution in [0.3, 0.4) is 0 Å². The maximum Gasteiger partial charge on any atom is 0.346 e. The highest BCUT2D eigenvalue weighted by atomic mass is 32.1. The van der Waals surface area contributed by atoms with Crippen molar-refractivity contribution in [3.8, 4) is 16.9 Å². The number of H-pyrrole nitrogens is 2. The van der Waals surface area contributed by atoms with E-state index in [0.717, 1.165) is 16.7 Å². The van der Waals surface area contributed by atoms with Gasteiger partial charge in [0.25, 0.3) is 0 Å². The second kappa shape index (κ2) is 9.70. The Balaban J connectivity index is 1.65. The molecule has 0 bridgehead atoms. The summed E-state index contributed by atoms with van der Waals surface area (Å²) in [6, 6.07) is 12.7. The van der Waals surface area contributed by atoms with E-state index in [2.05, 4.69) is 9.97 Å². The Kier molecular flexibility index (Phi) is 6.43. The molecule has 0 saturated heterocycles. The standard InChI is InChI=1S/C28H24N2O6S/c1-14(12-31)9-10-15-5-4-7-16-18(11-29-23(15)16)24(33)27-25(34)22(26(37-27)28(35)36)21-17-6-2-3-8-19(17)30-20(21)13-32/h2-9,11,29-32,34H,10,12-13H2,1H3,(H,35,36)/b14-9+. The summed E-state index contributed by atoms with van der Waals surface area (Å²) in [6.07, 6.45) is 4.02. The second-order valence-corrected chi connectivity index (χ2v) is 9.78. The van der Waals surface area contributed by atoms with Crippen LogP contribution in [0.15, 0.2) is 60.3 Å². The van der Waals surface area contributed by atoms with Crippen LogP contribution in [0, 0.1) is 0 Å². The van der Waals surface area contributed by atoms with Crippen molar-refractivity contribution in [1.82, 2.24) is 9.97 Å². The second-order valence-electron chi connectivity index (χ2n) is 8.76. The molecule has 5 rings (SSSR count). The van der Waals surface area contributed by atoms with Crippen molar-refractivity contribution in [2.24, 2.45) is 0 Å². The summed E-state index contributed by atoms with van der Waals surface area (Å²) in [4.78, 5) is 31.8. The lowest BCUT2D eigenvalue weighted by atomic mass is 9.99. The zero-order chi connectivity index (χ0) is 26.3. The van der Waals surface area contributed by atoms with Gasteiger partial charge in [0.2, 0.25) is 5.78 Å². The number of hydrogen-bond acceptors (Lipinski definition) is 6. The van der Waals surface area contributed by atoms with Crippen LogP contribution >= 0.6 is 11.3 Å². The number of benzene rings is 2. The minimum absolute atomic E-state index is 0.00694. The Morgan fingerprint density at radius 3 is 2.49 bits per heavy atom. The Morgan fingerprint density at radius 1 is 1.00 bits per heavy atom. The summed E-state index contributed by atoms with van der Waals surface area (Å²) in [6.45, 7) is 1.39. The van der Waals surface area contributed by atoms with Crippen LogP contribution in [0.5, 0.6) is 5.75 Å². The molecule has 0 atom stereocenters. The van der Waals surface area contributed by atoms with Crippen LogP contribution < -0.4 is 0 Å². The van der Waals surface area contributed by atoms with Gasteiger partial charge in [-0.2, -0.15) is 0 Å². The fraction of sp³-hybridized carbons (Fsp3) is 0.143. The average Bonchev–Trinajstić information content (AvgIpc) is 3.59. The lowest BCUT2D eigenvalue weighted by Gasteiger charge is -2.05. The van der Waals surface area contributed by atoms with Crippen LogP contribution in [0.1, 0.15) is 43.1 Å². The number of nitrogens with one attached hydrogen (secondary N) is 2. The maximum atomic E-state index is 13.7. The molecule has 0 aliphatic rings. The van der Waals surface area contributed by atoms with E-state index in [-0.39, 0.29) is 21.9 Å². The number of hydrogen-bond donors (Lipinski definition) is 6. The fourth-order valence-corrected chi connectivity index (χ4v) is 5.60. The van der Waals surface area contributed by atoms with Gasteiger partial charge in [0.15, 0.2) is 0 Å². The minimum atomic E-state index is -1.28. The summed E-state index contributed by atoms with van der Waals surface area (Å²) in [5.41, 5.74) is 4.20. The van der Waals surface area contributed by atoms with Gasteiger partial charge in [-0.25, -0.2) is 4.79 Å². The van der Waals surface area contributed by atoms with E-state index in [0.29, 0.717) is 50.9 Å². The highest BCUT2D eigenvalue weighted by Crippen LogP contribution is 2.47. The third kappa shape index (κ3) is 4.13. The zero-order valence-corrected chi connectivity index (χ0v) is 20.6. The van der Waals surface area contributed by atoms with Crippen LogP contribution in [-0.4, -0.2) is 48.8 Å². The van der Waals surface area contributed by atoms with Crippen molar-refractivity contribution in [3.63, 3.8) is 0 Å². The van der Waals surface area contributed by atoms with Gasteiger partial charge < -0.3 is 30.4 Å². The lowest BCUT2D eigenvalue weighted by molar-refractivity contribution is 0.0702. The lowest BCUT2D eigenvalue weighted by Crippen LogP contribution is -1.98. The first-order valence-electron chi connectivity index (χ1n) is 11.6. The van der Waals surface area contributed by atoms with Crippen molar-refractivity contribution < 1.29 is 30.0 Å². The molecule has 3 heterocycles. The number of aromatic carboxylic acids is 1. The van der Waals surface area contributed by atoms with E-state index < -0.39 is 24.1 Å². The molecule has 0 spiro atoms. The number of aromatic amines is 2. The average molecular weight is 517 g/mol. The van der Waals surface area contributed by atoms with Crippen LogP contribution in [0.4, 0.5) is 0 Å². The zero-order valence-electron chi connectivity index (χ0n) is 19.8. The quantitative estimate of drug-likeness (QED) is 0.127. The molecule has 188 valence electrons. The number of aromatic nitrogens is 2. The van der Waals surface area contributed by atoms with Crippen LogP contribution in [0.25, 0.3) is 32.9 Å². The van der Waals surface area contributed by atoms with E-state index >= 15 is 0 Å². The van der Waals surface area contributed by atoms with Crippen molar-refractivity contribution >= 4 is 44.9 Å². The van der Waals surface area contributed by atoms with Gasteiger partial charge in [0.05, 0.1) is 18.8 Å². The predicted octanol–water partition coefficient (Wildman–Crippen LogP) is 4.99. The van der Waals surface area contributed by atoms with E-state index in [9.17, 15) is 30.0 Å². The first kappa shape index (κ1) is 24.5. The summed E-state index contributed by atoms with van der Waals surface area (Å²) < 4.78 is 0. The highest BCUT2D eigenvalue weighted by molar-refractivity contribution is 7.17. The van der Waals surface area contributed by atoms with Gasteiger partial charge in [-0.1, -0.05) is 48.0 Å². The number of ketones is 1. The minimum Gasteiger partial charge on any atom is -0.506 e. The molecular weight excluding hydrogens is 492 g/mol. The van der Waals surface area contributed by atoms with E-state index in [1.165, 1.54) is 0 Å². The van der Waals surface area contributed by atoms with Crippen LogP contribution in [0.2, 0.25) is 0 Å². The normalized spacial score (nSPS) is 12.0. The van der Waals surface area contributed by atoms with Crippen LogP contribution in [-0.2, 0) is 13.0 Å². The first-order valence-corrected chi connectivity index (χ1v) is 12.4. The smallest absolute Gasteiger partial charge is 0.346 e. The number of fused-ring (bicyclic) bond motifs is 2. The molecule has 0 radical (unpaired) electrons. The van der Waals surface area contributed by atoms with E-state index in [4.69, 9.17) is 0 Å². The summed E-state index contributed by atoms with van der Waals surface area (Å²) >= 11 is 0.711. The van der Waals surface area contributed by atoms with Crippen molar-refractivity contribution in [2.45, 2.75) is 20.0 Å². The Morgan fingerprint density at radius 2 is 1.76 bits per heavy atom. The maximum absolute atomic E-state index is 13.7. The molecule has 0 aliphatic heterocycles. The number of aliphatic hydroxyl groups is 2. The number of carbonyl (C=O) groups is 2. The largest absolute Gasteiger partial charge is 0.506 e. The number of carbonyl (C=O) groups excluding carboxylic acids is 1. The Bertz CT molecular complexity index is 1700. The van der Waals surface area contributed by atoms with E-state index in [1.807, 2.05) is 25.1 Å². The molecular formula is C28H24N2O6S. The topological polar surface area (TPSA) is 147 Å². The molecule has 5 aromatic rings. The molecule has 6 N–H and O–H groups in total. The number of aromatic hydroxyl groups is 1. The van der Waals surface area contributed by atoms with Crippen molar-refractivity contribution in [1.29, 1.82) is 0 Å². The molecule has 0 saturated carbocycles. The first-order chi connectivity index (χ1) is 17.8. The van der Waals surface area contributed by atoms with Gasteiger partial charge >= 0.3 is 5.97 Å². The van der Waals surface area contributed by atoms with Crippen molar-refractivity contribution in [2.75, 3.05) is 6.61 Å². The number of para-hydroxylation sites is 2. The Labute approximate surface area is 215 Å². The molecule has 0 fully saturated rings. The molecule has 8 nitrogen and oxygen atoms in total. The van der Waals surface area contributed by atoms with Gasteiger partial charge in [0, 0.05) is 44.8 Å². The fourth-order valence-electron chi connectivity index (χ4n) is 4.61. The third-order valence-electron chi connectivity index (χ3n) is 6.44. The SMILES string of the molecule is C/C(=C\Cc1cccc2c(C(=O)c3sc(C(=O)O)c(-c4c(CO)[nH]c5ccccc45)c3O)c[nH]c12)CO. The molecule has 37 heavy (non-hydrogen) atoms. The molecule has 2 aromatic carbocycles. The van der Waals surface area contributed by atoms with Gasteiger partial charge in [-0.05, 0) is 25.0 Å². The monoisotopic (exact) mass is 516 g/mol. The molecule has 3 aromatic heterocycles. The Hall–Kier alpha value is -4.18. The van der Waals surface area contributed by atoms with Gasteiger partial charge in [0.1, 0.15) is 15.5 Å². The van der Waals surface area contributed by atoms with E-state index in [1.54, 1.807) is 36.5 Å². The summed E-state index contributed by atoms with van der Waals surface area (Å²) in [5, 5.41) is 41.7. The van der Waals surface area contributed by atoms with Crippen molar-refractivity contribution in [3.05, 3.63) is 86.9 Å².